The zero-order valence-corrected chi connectivity index (χ0v) is 23.0. The van der Waals surface area contributed by atoms with Gasteiger partial charge in [-0.05, 0) is 37.2 Å². The van der Waals surface area contributed by atoms with Crippen molar-refractivity contribution in [2.75, 3.05) is 60.9 Å². The van der Waals surface area contributed by atoms with Crippen molar-refractivity contribution in [1.29, 1.82) is 0 Å². The van der Waals surface area contributed by atoms with Gasteiger partial charge in [-0.3, -0.25) is 14.7 Å². The molecule has 1 heterocycles. The molecule has 1 aromatic rings. The highest BCUT2D eigenvalue weighted by Gasteiger charge is 2.51. The van der Waals surface area contributed by atoms with Crippen LogP contribution in [0.3, 0.4) is 0 Å². The minimum absolute atomic E-state index is 0.0925. The molecule has 6 nitrogen and oxygen atoms in total. The second-order valence-corrected chi connectivity index (χ2v) is 10.9. The van der Waals surface area contributed by atoms with Crippen LogP contribution in [0.1, 0.15) is 37.3 Å². The Morgan fingerprint density at radius 3 is 1.92 bits per heavy atom. The number of halogens is 6. The molecular weight excluding hydrogens is 524 g/mol. The van der Waals surface area contributed by atoms with E-state index in [1.807, 2.05) is 49.3 Å². The molecule has 220 valence electrons. The molecule has 12 heteroatoms. The first-order valence-electron chi connectivity index (χ1n) is 13.3. The van der Waals surface area contributed by atoms with Gasteiger partial charge in [0.1, 0.15) is 6.04 Å². The van der Waals surface area contributed by atoms with Crippen molar-refractivity contribution in [3.05, 3.63) is 35.9 Å². The first kappa shape index (κ1) is 31.0. The van der Waals surface area contributed by atoms with Crippen molar-refractivity contribution in [3.63, 3.8) is 0 Å². The Kier molecular flexibility index (Phi) is 10.2. The van der Waals surface area contributed by atoms with Crippen molar-refractivity contribution >= 4 is 11.9 Å². The Balaban J connectivity index is 1.70. The molecule has 3 atom stereocenters. The summed E-state index contributed by atoms with van der Waals surface area (Å²) in [5.74, 6) is -4.09. The predicted molar refractivity (Wildman–Crippen MR) is 138 cm³/mol. The van der Waals surface area contributed by atoms with E-state index in [4.69, 9.17) is 0 Å². The lowest BCUT2D eigenvalue weighted by Gasteiger charge is -2.42. The molecule has 0 aromatic heterocycles. The second-order valence-electron chi connectivity index (χ2n) is 10.9. The van der Waals surface area contributed by atoms with Crippen LogP contribution in [0.4, 0.5) is 26.3 Å². The van der Waals surface area contributed by atoms with E-state index in [9.17, 15) is 31.1 Å². The number of guanidine groups is 1. The number of hydrogen-bond donors (Lipinski definition) is 0. The summed E-state index contributed by atoms with van der Waals surface area (Å²) in [6, 6.07) is 8.67. The highest BCUT2D eigenvalue weighted by Crippen LogP contribution is 2.48. The maximum absolute atomic E-state index is 13.7. The molecule has 1 saturated heterocycles. The maximum atomic E-state index is 13.7. The van der Waals surface area contributed by atoms with Crippen LogP contribution >= 0.6 is 0 Å². The number of carbonyl (C=O) groups excluding carboxylic acids is 1. The number of likely N-dealkylation sites (N-methyl/N-ethyl adjacent to an activating group) is 1. The van der Waals surface area contributed by atoms with E-state index < -0.39 is 42.6 Å². The molecule has 3 unspecified atom stereocenters. The van der Waals surface area contributed by atoms with Gasteiger partial charge in [-0.15, -0.1) is 0 Å². The molecular formula is C27H39F6N5O. The molecule has 0 spiro atoms. The van der Waals surface area contributed by atoms with E-state index in [2.05, 4.69) is 14.8 Å². The number of nitrogens with zero attached hydrogens (tertiary/aromatic N) is 5. The Bertz CT molecular complexity index is 938. The Hall–Kier alpha value is -2.50. The van der Waals surface area contributed by atoms with Crippen LogP contribution < -0.4 is 0 Å². The fraction of sp³-hybridized carbons (Fsp3) is 0.704. The van der Waals surface area contributed by atoms with Gasteiger partial charge < -0.3 is 14.7 Å². The van der Waals surface area contributed by atoms with Gasteiger partial charge in [-0.1, -0.05) is 30.3 Å². The Morgan fingerprint density at radius 1 is 0.923 bits per heavy atom. The summed E-state index contributed by atoms with van der Waals surface area (Å²) in [5, 5.41) is 0. The van der Waals surface area contributed by atoms with Gasteiger partial charge in [0.2, 0.25) is 5.91 Å². The monoisotopic (exact) mass is 563 g/mol. The lowest BCUT2D eigenvalue weighted by Crippen LogP contribution is -2.54. The standard InChI is InChI=1S/C27H39F6N5O/c1-34-25(35(2)3)38-14-12-37(13-15-38)23(20-8-6-5-7-9-20)24(39)36(4)11-10-19-16-21(26(28,29)30)18-22(17-19)27(31,32)33/h5-9,19,21-23H,10-18H2,1-4H3. The molecule has 0 bridgehead atoms. The molecule has 1 aliphatic heterocycles. The van der Waals surface area contributed by atoms with Gasteiger partial charge >= 0.3 is 12.4 Å². The van der Waals surface area contributed by atoms with Gasteiger partial charge in [-0.25, -0.2) is 0 Å². The zero-order chi connectivity index (χ0) is 29.0. The summed E-state index contributed by atoms with van der Waals surface area (Å²) < 4.78 is 80.4. The summed E-state index contributed by atoms with van der Waals surface area (Å²) in [6.07, 6.45) is -10.8. The summed E-state index contributed by atoms with van der Waals surface area (Å²) in [6.45, 7) is 2.59. The fourth-order valence-electron chi connectivity index (χ4n) is 5.85. The normalized spacial score (nSPS) is 24.4. The molecule has 1 amide bonds. The van der Waals surface area contributed by atoms with Crippen LogP contribution in [-0.4, -0.2) is 105 Å². The Morgan fingerprint density at radius 2 is 1.46 bits per heavy atom. The minimum atomic E-state index is -4.67. The lowest BCUT2D eigenvalue weighted by atomic mass is 9.73. The van der Waals surface area contributed by atoms with E-state index in [-0.39, 0.29) is 31.7 Å². The minimum Gasteiger partial charge on any atom is -0.349 e. The van der Waals surface area contributed by atoms with E-state index >= 15 is 0 Å². The number of rotatable bonds is 6. The van der Waals surface area contributed by atoms with E-state index in [1.165, 1.54) is 4.90 Å². The number of piperazine rings is 1. The average Bonchev–Trinajstić information content (AvgIpc) is 2.88. The van der Waals surface area contributed by atoms with Gasteiger partial charge in [0.05, 0.1) is 11.8 Å². The van der Waals surface area contributed by atoms with Crippen LogP contribution in [-0.2, 0) is 4.79 Å². The zero-order valence-electron chi connectivity index (χ0n) is 23.0. The SMILES string of the molecule is CN=C(N(C)C)N1CCN(C(C(=O)N(C)CCC2CC(C(F)(F)F)CC(C(F)(F)F)C2)c2ccccc2)CC1. The van der Waals surface area contributed by atoms with Crippen LogP contribution in [0.2, 0.25) is 0 Å². The Labute approximate surface area is 226 Å². The summed E-state index contributed by atoms with van der Waals surface area (Å²) in [7, 11) is 7.14. The molecule has 1 saturated carbocycles. The molecule has 2 aliphatic rings. The van der Waals surface area contributed by atoms with Crippen LogP contribution in [0.5, 0.6) is 0 Å². The van der Waals surface area contributed by atoms with Crippen molar-refractivity contribution < 1.29 is 31.1 Å². The summed E-state index contributed by atoms with van der Waals surface area (Å²) in [4.78, 5) is 25.7. The highest BCUT2D eigenvalue weighted by molar-refractivity contribution is 5.83. The van der Waals surface area contributed by atoms with Crippen LogP contribution in [0.15, 0.2) is 35.3 Å². The smallest absolute Gasteiger partial charge is 0.349 e. The van der Waals surface area contributed by atoms with Crippen molar-refractivity contribution in [1.82, 2.24) is 19.6 Å². The predicted octanol–water partition coefficient (Wildman–Crippen LogP) is 4.90. The molecule has 1 aromatic carbocycles. The van der Waals surface area contributed by atoms with E-state index in [1.54, 1.807) is 14.1 Å². The molecule has 2 fully saturated rings. The quantitative estimate of drug-likeness (QED) is 0.281. The summed E-state index contributed by atoms with van der Waals surface area (Å²) in [5.41, 5.74) is 0.798. The van der Waals surface area contributed by atoms with Gasteiger partial charge in [0.15, 0.2) is 5.96 Å². The van der Waals surface area contributed by atoms with Crippen molar-refractivity contribution in [3.8, 4) is 0 Å². The molecule has 0 radical (unpaired) electrons. The molecule has 1 aliphatic carbocycles. The van der Waals surface area contributed by atoms with Crippen molar-refractivity contribution in [2.45, 2.75) is 44.1 Å². The van der Waals surface area contributed by atoms with Crippen LogP contribution in [0, 0.1) is 17.8 Å². The number of benzene rings is 1. The topological polar surface area (TPSA) is 42.4 Å². The number of amides is 1. The first-order valence-corrected chi connectivity index (χ1v) is 13.3. The fourth-order valence-corrected chi connectivity index (χ4v) is 5.85. The second kappa shape index (κ2) is 12.8. The number of carbonyl (C=O) groups is 1. The number of hydrogen-bond acceptors (Lipinski definition) is 3. The third-order valence-corrected chi connectivity index (χ3v) is 7.89. The third-order valence-electron chi connectivity index (χ3n) is 7.89. The molecule has 3 rings (SSSR count). The maximum Gasteiger partial charge on any atom is 0.391 e. The van der Waals surface area contributed by atoms with Crippen LogP contribution in [0.25, 0.3) is 0 Å². The highest BCUT2D eigenvalue weighted by atomic mass is 19.4. The summed E-state index contributed by atoms with van der Waals surface area (Å²) >= 11 is 0. The third kappa shape index (κ3) is 8.02. The van der Waals surface area contributed by atoms with Crippen molar-refractivity contribution in [2.24, 2.45) is 22.7 Å². The average molecular weight is 564 g/mol. The van der Waals surface area contributed by atoms with Gasteiger partial charge in [-0.2, -0.15) is 26.3 Å². The lowest BCUT2D eigenvalue weighted by molar-refractivity contribution is -0.229. The van der Waals surface area contributed by atoms with Gasteiger partial charge in [0.25, 0.3) is 0 Å². The molecule has 0 N–H and O–H groups in total. The van der Waals surface area contributed by atoms with E-state index in [0.29, 0.717) is 26.2 Å². The number of alkyl halides is 6. The van der Waals surface area contributed by atoms with E-state index in [0.717, 1.165) is 11.5 Å². The molecule has 39 heavy (non-hydrogen) atoms. The first-order chi connectivity index (χ1) is 18.2. The number of aliphatic imine (C=N–C) groups is 1. The van der Waals surface area contributed by atoms with Gasteiger partial charge in [0, 0.05) is 60.9 Å². The largest absolute Gasteiger partial charge is 0.391 e.